The molecule has 0 saturated carbocycles. The number of nitrogen functional groups attached to an aromatic ring is 1. The molecule has 0 bridgehead atoms. The maximum atomic E-state index is 14.0. The van der Waals surface area contributed by atoms with E-state index in [-0.39, 0.29) is 10.7 Å². The second-order valence-corrected chi connectivity index (χ2v) is 6.65. The first kappa shape index (κ1) is 15.6. The van der Waals surface area contributed by atoms with Crippen LogP contribution in [0.1, 0.15) is 11.4 Å². The highest BCUT2D eigenvalue weighted by Crippen LogP contribution is 2.28. The molecule has 0 aliphatic heterocycles. The van der Waals surface area contributed by atoms with E-state index in [0.29, 0.717) is 17.1 Å². The van der Waals surface area contributed by atoms with Crippen molar-refractivity contribution in [2.24, 2.45) is 7.05 Å². The van der Waals surface area contributed by atoms with Crippen molar-refractivity contribution in [2.75, 3.05) is 10.5 Å². The summed E-state index contributed by atoms with van der Waals surface area (Å²) in [7, 11) is -2.48. The van der Waals surface area contributed by atoms with Gasteiger partial charge >= 0.3 is 0 Å². The third-order valence-corrected chi connectivity index (χ3v) is 4.68. The van der Waals surface area contributed by atoms with Crippen LogP contribution in [0, 0.1) is 19.7 Å². The summed E-state index contributed by atoms with van der Waals surface area (Å²) in [6.45, 7) is 3.34. The molecule has 0 spiro atoms. The Balaban J connectivity index is 2.54. The third-order valence-electron chi connectivity index (χ3n) is 3.05. The van der Waals surface area contributed by atoms with Crippen molar-refractivity contribution in [3.05, 3.63) is 34.4 Å². The first-order chi connectivity index (χ1) is 9.63. The first-order valence-electron chi connectivity index (χ1n) is 5.91. The van der Waals surface area contributed by atoms with E-state index in [1.807, 2.05) is 0 Å². The average molecular weight is 333 g/mol. The zero-order valence-electron chi connectivity index (χ0n) is 11.6. The molecule has 114 valence electrons. The number of hydrogen-bond donors (Lipinski definition) is 2. The normalized spacial score (nSPS) is 11.7. The lowest BCUT2D eigenvalue weighted by Crippen LogP contribution is -2.16. The van der Waals surface area contributed by atoms with Crippen molar-refractivity contribution >= 4 is 33.0 Å². The van der Waals surface area contributed by atoms with E-state index in [0.717, 1.165) is 12.1 Å². The molecule has 0 radical (unpaired) electrons. The van der Waals surface area contributed by atoms with Crippen molar-refractivity contribution in [1.82, 2.24) is 9.78 Å². The van der Waals surface area contributed by atoms with E-state index in [2.05, 4.69) is 9.82 Å². The highest BCUT2D eigenvalue weighted by atomic mass is 35.5. The van der Waals surface area contributed by atoms with Gasteiger partial charge in [-0.3, -0.25) is 9.40 Å². The summed E-state index contributed by atoms with van der Waals surface area (Å²) in [6.07, 6.45) is 0. The van der Waals surface area contributed by atoms with Gasteiger partial charge < -0.3 is 5.73 Å². The molecule has 3 N–H and O–H groups in total. The minimum atomic E-state index is -4.16. The fraction of sp³-hybridized carbons (Fsp3) is 0.250. The van der Waals surface area contributed by atoms with Crippen LogP contribution in [0.3, 0.4) is 0 Å². The standard InChI is InChI=1S/C12H14ClFN4O2S/c1-6-12(7(2)18(3)16-6)17-21(19,20)10-5-8(15)4-9(13)11(10)14/h4-5,17H,15H2,1-3H3. The van der Waals surface area contributed by atoms with E-state index >= 15 is 0 Å². The van der Waals surface area contributed by atoms with Crippen LogP contribution >= 0.6 is 11.6 Å². The van der Waals surface area contributed by atoms with Crippen LogP contribution in [0.5, 0.6) is 0 Å². The summed E-state index contributed by atoms with van der Waals surface area (Å²) in [4.78, 5) is -0.602. The van der Waals surface area contributed by atoms with Gasteiger partial charge in [0.15, 0.2) is 5.82 Å². The second-order valence-electron chi connectivity index (χ2n) is 4.59. The lowest BCUT2D eigenvalue weighted by molar-refractivity contribution is 0.570. The van der Waals surface area contributed by atoms with Crippen molar-refractivity contribution in [3.63, 3.8) is 0 Å². The van der Waals surface area contributed by atoms with Gasteiger partial charge in [0.25, 0.3) is 10.0 Å². The summed E-state index contributed by atoms with van der Waals surface area (Å²) in [5.41, 5.74) is 6.96. The minimum absolute atomic E-state index is 0.0569. The summed E-state index contributed by atoms with van der Waals surface area (Å²) >= 11 is 5.63. The highest BCUT2D eigenvalue weighted by molar-refractivity contribution is 7.92. The summed E-state index contributed by atoms with van der Waals surface area (Å²) in [5, 5.41) is 3.74. The largest absolute Gasteiger partial charge is 0.399 e. The number of nitrogens with zero attached hydrogens (tertiary/aromatic N) is 2. The number of nitrogens with two attached hydrogens (primary N) is 1. The Morgan fingerprint density at radius 1 is 1.38 bits per heavy atom. The molecule has 0 amide bonds. The Labute approximate surface area is 126 Å². The van der Waals surface area contributed by atoms with Gasteiger partial charge in [0.05, 0.1) is 22.1 Å². The number of sulfonamides is 1. The molecule has 0 fully saturated rings. The van der Waals surface area contributed by atoms with Crippen LogP contribution in [0.4, 0.5) is 15.8 Å². The average Bonchev–Trinajstić information content (AvgIpc) is 2.60. The summed E-state index contributed by atoms with van der Waals surface area (Å²) in [5.74, 6) is -1.04. The van der Waals surface area contributed by atoms with Gasteiger partial charge in [-0.25, -0.2) is 12.8 Å². The predicted molar refractivity (Wildman–Crippen MR) is 79.3 cm³/mol. The summed E-state index contributed by atoms with van der Waals surface area (Å²) in [6, 6.07) is 2.17. The molecule has 1 aromatic heterocycles. The van der Waals surface area contributed by atoms with Crippen molar-refractivity contribution in [1.29, 1.82) is 0 Å². The van der Waals surface area contributed by atoms with Crippen LogP contribution in [-0.2, 0) is 17.1 Å². The van der Waals surface area contributed by atoms with Crippen LogP contribution < -0.4 is 10.5 Å². The molecule has 0 aliphatic rings. The number of rotatable bonds is 3. The van der Waals surface area contributed by atoms with Crippen molar-refractivity contribution in [2.45, 2.75) is 18.7 Å². The van der Waals surface area contributed by atoms with Gasteiger partial charge in [0.1, 0.15) is 4.90 Å². The molecule has 6 nitrogen and oxygen atoms in total. The first-order valence-corrected chi connectivity index (χ1v) is 7.77. The molecular weight excluding hydrogens is 319 g/mol. The van der Waals surface area contributed by atoms with Gasteiger partial charge in [-0.05, 0) is 26.0 Å². The third kappa shape index (κ3) is 2.81. The molecule has 2 aromatic rings. The fourth-order valence-electron chi connectivity index (χ4n) is 1.89. The second kappa shape index (κ2) is 5.19. The monoisotopic (exact) mass is 332 g/mol. The van der Waals surface area contributed by atoms with E-state index in [9.17, 15) is 12.8 Å². The molecule has 21 heavy (non-hydrogen) atoms. The van der Waals surface area contributed by atoms with Gasteiger partial charge in [-0.15, -0.1) is 0 Å². The fourth-order valence-corrected chi connectivity index (χ4v) is 3.49. The zero-order valence-corrected chi connectivity index (χ0v) is 13.2. The van der Waals surface area contributed by atoms with Crippen LogP contribution in [0.25, 0.3) is 0 Å². The number of aryl methyl sites for hydroxylation is 2. The molecule has 2 rings (SSSR count). The lowest BCUT2D eigenvalue weighted by atomic mass is 10.3. The predicted octanol–water partition coefficient (Wildman–Crippen LogP) is 2.21. The number of halogens is 2. The lowest BCUT2D eigenvalue weighted by Gasteiger charge is -2.10. The quantitative estimate of drug-likeness (QED) is 0.843. The van der Waals surface area contributed by atoms with E-state index < -0.39 is 20.7 Å². The van der Waals surface area contributed by atoms with Crippen molar-refractivity contribution < 1.29 is 12.8 Å². The highest BCUT2D eigenvalue weighted by Gasteiger charge is 2.24. The number of nitrogens with one attached hydrogen (secondary N) is 1. The molecule has 0 atom stereocenters. The molecule has 0 aliphatic carbocycles. The maximum absolute atomic E-state index is 14.0. The Morgan fingerprint density at radius 2 is 2.00 bits per heavy atom. The van der Waals surface area contributed by atoms with Gasteiger partial charge in [-0.1, -0.05) is 11.6 Å². The molecule has 9 heteroatoms. The SMILES string of the molecule is Cc1nn(C)c(C)c1NS(=O)(=O)c1cc(N)cc(Cl)c1F. The van der Waals surface area contributed by atoms with Crippen LogP contribution in [-0.4, -0.2) is 18.2 Å². The summed E-state index contributed by atoms with van der Waals surface area (Å²) < 4.78 is 42.5. The van der Waals surface area contributed by atoms with Gasteiger partial charge in [0.2, 0.25) is 0 Å². The molecule has 1 heterocycles. The Kier molecular flexibility index (Phi) is 3.85. The Morgan fingerprint density at radius 3 is 2.52 bits per heavy atom. The van der Waals surface area contributed by atoms with E-state index in [4.69, 9.17) is 17.3 Å². The van der Waals surface area contributed by atoms with Crippen LogP contribution in [0.15, 0.2) is 17.0 Å². The molecule has 1 aromatic carbocycles. The van der Waals surface area contributed by atoms with E-state index in [1.165, 1.54) is 4.68 Å². The van der Waals surface area contributed by atoms with Crippen molar-refractivity contribution in [3.8, 4) is 0 Å². The molecular formula is C12H14ClFN4O2S. The topological polar surface area (TPSA) is 90.0 Å². The number of anilines is 2. The number of benzene rings is 1. The Hall–Kier alpha value is -1.80. The van der Waals surface area contributed by atoms with E-state index in [1.54, 1.807) is 20.9 Å². The van der Waals surface area contributed by atoms with Crippen LogP contribution in [0.2, 0.25) is 5.02 Å². The minimum Gasteiger partial charge on any atom is -0.399 e. The Bertz CT molecular complexity index is 817. The van der Waals surface area contributed by atoms with Gasteiger partial charge in [0, 0.05) is 12.7 Å². The maximum Gasteiger partial charge on any atom is 0.265 e. The number of aromatic nitrogens is 2. The van der Waals surface area contributed by atoms with Gasteiger partial charge in [-0.2, -0.15) is 5.10 Å². The smallest absolute Gasteiger partial charge is 0.265 e. The zero-order chi connectivity index (χ0) is 15.9. The number of hydrogen-bond acceptors (Lipinski definition) is 4. The molecule has 0 unspecified atom stereocenters. The molecule has 0 saturated heterocycles.